The number of carbonyl (C=O) groups excluding carboxylic acids is 1. The number of pyridine rings is 1. The van der Waals surface area contributed by atoms with E-state index in [2.05, 4.69) is 14.9 Å². The number of nitrogens with zero attached hydrogens (tertiary/aromatic N) is 4. The van der Waals surface area contributed by atoms with Gasteiger partial charge in [-0.3, -0.25) is 14.7 Å². The van der Waals surface area contributed by atoms with Crippen LogP contribution in [0.15, 0.2) is 24.8 Å². The van der Waals surface area contributed by atoms with E-state index in [0.29, 0.717) is 29.0 Å². The number of aryl methyl sites for hydroxylation is 1. The van der Waals surface area contributed by atoms with E-state index >= 15 is 0 Å². The Morgan fingerprint density at radius 3 is 2.74 bits per heavy atom. The number of carbonyl (C=O) groups is 1. The lowest BCUT2D eigenvalue weighted by molar-refractivity contribution is 0.0797. The third-order valence-corrected chi connectivity index (χ3v) is 4.90. The zero-order valence-electron chi connectivity index (χ0n) is 12.9. The Bertz CT molecular complexity index is 696. The molecule has 1 atom stereocenters. The number of hydrogen-bond acceptors (Lipinski definition) is 4. The first-order valence-corrected chi connectivity index (χ1v) is 8.33. The van der Waals surface area contributed by atoms with Gasteiger partial charge in [-0.2, -0.15) is 0 Å². The number of rotatable bonds is 4. The molecule has 1 aliphatic rings. The molecule has 1 fully saturated rings. The molecule has 0 saturated carbocycles. The summed E-state index contributed by atoms with van der Waals surface area (Å²) in [5.74, 6) is 0.593. The van der Waals surface area contributed by atoms with Crippen molar-refractivity contribution in [1.29, 1.82) is 0 Å². The summed E-state index contributed by atoms with van der Waals surface area (Å²) >= 11 is 12.4. The van der Waals surface area contributed by atoms with Crippen molar-refractivity contribution >= 4 is 29.0 Å². The molecule has 1 unspecified atom stereocenters. The molecule has 0 amide bonds. The van der Waals surface area contributed by atoms with E-state index in [9.17, 15) is 4.79 Å². The minimum Gasteiger partial charge on any atom is -0.332 e. The van der Waals surface area contributed by atoms with Gasteiger partial charge in [-0.05, 0) is 19.4 Å². The van der Waals surface area contributed by atoms with Crippen LogP contribution in [0.1, 0.15) is 29.0 Å². The van der Waals surface area contributed by atoms with Gasteiger partial charge < -0.3 is 4.57 Å². The zero-order chi connectivity index (χ0) is 16.4. The molecule has 1 saturated heterocycles. The normalized spacial score (nSPS) is 19.0. The second-order valence-corrected chi connectivity index (χ2v) is 6.70. The summed E-state index contributed by atoms with van der Waals surface area (Å²) in [6.45, 7) is 2.25. The van der Waals surface area contributed by atoms with Crippen molar-refractivity contribution in [2.24, 2.45) is 13.0 Å². The molecule has 0 radical (unpaired) electrons. The minimum absolute atomic E-state index is 0.0377. The van der Waals surface area contributed by atoms with Crippen LogP contribution in [0.3, 0.4) is 0 Å². The molecule has 5 nitrogen and oxygen atoms in total. The number of ketones is 1. The van der Waals surface area contributed by atoms with Crippen LogP contribution in [-0.2, 0) is 13.6 Å². The van der Waals surface area contributed by atoms with E-state index in [1.165, 1.54) is 0 Å². The Labute approximate surface area is 145 Å². The molecule has 2 aromatic heterocycles. The van der Waals surface area contributed by atoms with E-state index in [4.69, 9.17) is 23.2 Å². The number of Topliss-reactive ketones (excluding diaryl/α,β-unsaturated/α-hetero) is 1. The first-order valence-electron chi connectivity index (χ1n) is 7.58. The highest BCUT2D eigenvalue weighted by molar-refractivity contribution is 6.35. The highest BCUT2D eigenvalue weighted by atomic mass is 35.5. The molecule has 7 heteroatoms. The fourth-order valence-electron chi connectivity index (χ4n) is 3.01. The number of likely N-dealkylation sites (tertiary alicyclic amines) is 1. The van der Waals surface area contributed by atoms with Crippen LogP contribution in [0, 0.1) is 5.92 Å². The molecule has 0 aromatic carbocycles. The number of piperidine rings is 1. The average molecular weight is 353 g/mol. The first kappa shape index (κ1) is 16.4. The lowest BCUT2D eigenvalue weighted by atomic mass is 9.93. The van der Waals surface area contributed by atoms with Gasteiger partial charge in [0.2, 0.25) is 5.78 Å². The number of aromatic nitrogens is 3. The van der Waals surface area contributed by atoms with Gasteiger partial charge in [-0.15, -0.1) is 0 Å². The second kappa shape index (κ2) is 6.99. The molecule has 0 spiro atoms. The van der Waals surface area contributed by atoms with Crippen molar-refractivity contribution < 1.29 is 4.79 Å². The van der Waals surface area contributed by atoms with Gasteiger partial charge in [0.15, 0.2) is 5.82 Å². The fourth-order valence-corrected chi connectivity index (χ4v) is 3.50. The van der Waals surface area contributed by atoms with Crippen molar-refractivity contribution in [2.45, 2.75) is 19.4 Å². The summed E-state index contributed by atoms with van der Waals surface area (Å²) in [5, 5.41) is 1.13. The Morgan fingerprint density at radius 2 is 2.09 bits per heavy atom. The van der Waals surface area contributed by atoms with E-state index in [1.54, 1.807) is 29.4 Å². The quantitative estimate of drug-likeness (QED) is 0.792. The van der Waals surface area contributed by atoms with Gasteiger partial charge in [-0.25, -0.2) is 4.98 Å². The Hall–Kier alpha value is -1.43. The standard InChI is InChI=1S/C16H18Cl2N4O/c1-21-6-4-20-16(21)15(23)11-3-2-5-22(9-11)10-12-13(17)7-19-8-14(12)18/h4,6-8,11H,2-3,5,9-10H2,1H3. The minimum atomic E-state index is -0.0377. The summed E-state index contributed by atoms with van der Waals surface area (Å²) in [7, 11) is 1.84. The van der Waals surface area contributed by atoms with E-state index in [-0.39, 0.29) is 11.7 Å². The van der Waals surface area contributed by atoms with Crippen molar-refractivity contribution in [3.63, 3.8) is 0 Å². The van der Waals surface area contributed by atoms with Crippen molar-refractivity contribution in [3.05, 3.63) is 46.2 Å². The highest BCUT2D eigenvalue weighted by Crippen LogP contribution is 2.27. The largest absolute Gasteiger partial charge is 0.332 e. The molecule has 2 aromatic rings. The van der Waals surface area contributed by atoms with Gasteiger partial charge >= 0.3 is 0 Å². The first-order chi connectivity index (χ1) is 11.1. The van der Waals surface area contributed by atoms with Gasteiger partial charge in [0.1, 0.15) is 0 Å². The average Bonchev–Trinajstić information content (AvgIpc) is 2.97. The number of imidazole rings is 1. The van der Waals surface area contributed by atoms with Crippen LogP contribution in [0.5, 0.6) is 0 Å². The predicted octanol–water partition coefficient (Wildman–Crippen LogP) is 3.22. The van der Waals surface area contributed by atoms with E-state index in [0.717, 1.165) is 24.9 Å². The van der Waals surface area contributed by atoms with Crippen LogP contribution < -0.4 is 0 Å². The van der Waals surface area contributed by atoms with Crippen molar-refractivity contribution in [3.8, 4) is 0 Å². The second-order valence-electron chi connectivity index (χ2n) is 5.88. The molecule has 0 bridgehead atoms. The molecule has 122 valence electrons. The van der Waals surface area contributed by atoms with Gasteiger partial charge in [-0.1, -0.05) is 23.2 Å². The third-order valence-electron chi connectivity index (χ3n) is 4.25. The Balaban J connectivity index is 1.71. The number of halogens is 2. The SMILES string of the molecule is Cn1ccnc1C(=O)C1CCCN(Cc2c(Cl)cncc2Cl)C1. The molecule has 23 heavy (non-hydrogen) atoms. The monoisotopic (exact) mass is 352 g/mol. The smallest absolute Gasteiger partial charge is 0.202 e. The molecular weight excluding hydrogens is 335 g/mol. The lowest BCUT2D eigenvalue weighted by Crippen LogP contribution is -2.39. The third kappa shape index (κ3) is 3.57. The molecular formula is C16H18Cl2N4O. The summed E-state index contributed by atoms with van der Waals surface area (Å²) < 4.78 is 1.78. The molecule has 0 N–H and O–H groups in total. The Kier molecular flexibility index (Phi) is 4.99. The maximum absolute atomic E-state index is 12.6. The van der Waals surface area contributed by atoms with Gasteiger partial charge in [0.05, 0.1) is 10.0 Å². The predicted molar refractivity (Wildman–Crippen MR) is 89.8 cm³/mol. The Morgan fingerprint density at radius 1 is 1.35 bits per heavy atom. The van der Waals surface area contributed by atoms with E-state index < -0.39 is 0 Å². The molecule has 3 rings (SSSR count). The van der Waals surface area contributed by atoms with Crippen LogP contribution in [0.2, 0.25) is 10.0 Å². The maximum atomic E-state index is 12.6. The van der Waals surface area contributed by atoms with Gasteiger partial charge in [0, 0.05) is 56.4 Å². The molecule has 1 aliphatic heterocycles. The summed E-state index contributed by atoms with van der Waals surface area (Å²) in [4.78, 5) is 23.0. The van der Waals surface area contributed by atoms with E-state index in [1.807, 2.05) is 7.05 Å². The number of hydrogen-bond donors (Lipinski definition) is 0. The lowest BCUT2D eigenvalue weighted by Gasteiger charge is -2.32. The van der Waals surface area contributed by atoms with Crippen LogP contribution >= 0.6 is 23.2 Å². The van der Waals surface area contributed by atoms with Crippen LogP contribution in [-0.4, -0.2) is 38.3 Å². The van der Waals surface area contributed by atoms with Crippen molar-refractivity contribution in [2.75, 3.05) is 13.1 Å². The highest BCUT2D eigenvalue weighted by Gasteiger charge is 2.29. The van der Waals surface area contributed by atoms with Gasteiger partial charge in [0.25, 0.3) is 0 Å². The topological polar surface area (TPSA) is 51.0 Å². The van der Waals surface area contributed by atoms with Crippen LogP contribution in [0.4, 0.5) is 0 Å². The maximum Gasteiger partial charge on any atom is 0.202 e. The van der Waals surface area contributed by atoms with Crippen molar-refractivity contribution in [1.82, 2.24) is 19.4 Å². The summed E-state index contributed by atoms with van der Waals surface area (Å²) in [5.41, 5.74) is 0.869. The summed E-state index contributed by atoms with van der Waals surface area (Å²) in [6.07, 6.45) is 8.52. The van der Waals surface area contributed by atoms with Crippen LogP contribution in [0.25, 0.3) is 0 Å². The molecule has 3 heterocycles. The molecule has 0 aliphatic carbocycles. The fraction of sp³-hybridized carbons (Fsp3) is 0.438. The summed E-state index contributed by atoms with van der Waals surface area (Å²) in [6, 6.07) is 0. The zero-order valence-corrected chi connectivity index (χ0v) is 14.4.